The number of pyridine rings is 1. The zero-order chi connectivity index (χ0) is 17.9. The van der Waals surface area contributed by atoms with E-state index < -0.39 is 11.7 Å². The van der Waals surface area contributed by atoms with E-state index in [2.05, 4.69) is 25.6 Å². The van der Waals surface area contributed by atoms with Gasteiger partial charge in [0.05, 0.1) is 27.8 Å². The summed E-state index contributed by atoms with van der Waals surface area (Å²) in [5.74, 6) is 0.799. The predicted octanol–water partition coefficient (Wildman–Crippen LogP) is 4.22. The van der Waals surface area contributed by atoms with E-state index >= 15 is 0 Å². The monoisotopic (exact) mass is 367 g/mol. The maximum Gasteiger partial charge on any atom is 0.417 e. The van der Waals surface area contributed by atoms with E-state index in [9.17, 15) is 13.2 Å². The van der Waals surface area contributed by atoms with Gasteiger partial charge >= 0.3 is 6.18 Å². The van der Waals surface area contributed by atoms with Gasteiger partial charge in [0.2, 0.25) is 0 Å². The van der Waals surface area contributed by atoms with Crippen molar-refractivity contribution in [2.75, 3.05) is 23.7 Å². The molecular formula is C16H13ClF3N5. The zero-order valence-electron chi connectivity index (χ0n) is 12.8. The van der Waals surface area contributed by atoms with Crippen LogP contribution in [0.25, 0.3) is 11.0 Å². The molecule has 0 aliphatic rings. The fraction of sp³-hybridized carbons (Fsp3) is 0.188. The molecule has 0 bridgehead atoms. The quantitative estimate of drug-likeness (QED) is 0.661. The van der Waals surface area contributed by atoms with Crippen LogP contribution in [0.3, 0.4) is 0 Å². The number of aromatic nitrogens is 3. The number of para-hydroxylation sites is 2. The van der Waals surface area contributed by atoms with Gasteiger partial charge in [0.15, 0.2) is 0 Å². The Hall–Kier alpha value is -2.61. The minimum atomic E-state index is -4.47. The summed E-state index contributed by atoms with van der Waals surface area (Å²) in [6, 6.07) is 8.33. The van der Waals surface area contributed by atoms with Crippen LogP contribution >= 0.6 is 11.6 Å². The second kappa shape index (κ2) is 7.10. The molecule has 0 aliphatic heterocycles. The van der Waals surface area contributed by atoms with Crippen LogP contribution in [0.1, 0.15) is 5.56 Å². The SMILES string of the molecule is FC(F)(F)c1cnc(NCCNc2cnc3ccccc3n2)c(Cl)c1. The summed E-state index contributed by atoms with van der Waals surface area (Å²) < 4.78 is 37.7. The fourth-order valence-electron chi connectivity index (χ4n) is 2.14. The van der Waals surface area contributed by atoms with Crippen molar-refractivity contribution >= 4 is 34.3 Å². The first kappa shape index (κ1) is 17.2. The summed E-state index contributed by atoms with van der Waals surface area (Å²) >= 11 is 5.83. The van der Waals surface area contributed by atoms with Gasteiger partial charge in [-0.05, 0) is 18.2 Å². The number of alkyl halides is 3. The summed E-state index contributed by atoms with van der Waals surface area (Å²) in [7, 11) is 0. The summed E-state index contributed by atoms with van der Waals surface area (Å²) in [6.45, 7) is 0.860. The van der Waals surface area contributed by atoms with E-state index in [1.807, 2.05) is 24.3 Å². The average molecular weight is 368 g/mol. The Kier molecular flexibility index (Phi) is 4.89. The van der Waals surface area contributed by atoms with Crippen LogP contribution in [0.2, 0.25) is 5.02 Å². The van der Waals surface area contributed by atoms with Crippen LogP contribution in [0.5, 0.6) is 0 Å². The van der Waals surface area contributed by atoms with Gasteiger partial charge in [-0.25, -0.2) is 9.97 Å². The Morgan fingerprint density at radius 2 is 1.68 bits per heavy atom. The standard InChI is InChI=1S/C16H13ClF3N5/c17-11-7-10(16(18,19)20)8-24-15(11)22-6-5-21-14-9-23-12-3-1-2-4-13(12)25-14/h1-4,7-9H,5-6H2,(H,21,25)(H,22,24). The highest BCUT2D eigenvalue weighted by atomic mass is 35.5. The number of hydrogen-bond donors (Lipinski definition) is 2. The molecule has 0 amide bonds. The number of anilines is 2. The first-order chi connectivity index (χ1) is 11.9. The largest absolute Gasteiger partial charge is 0.417 e. The van der Waals surface area contributed by atoms with Gasteiger partial charge in [0.25, 0.3) is 0 Å². The zero-order valence-corrected chi connectivity index (χ0v) is 13.6. The maximum atomic E-state index is 12.6. The van der Waals surface area contributed by atoms with Gasteiger partial charge in [-0.3, -0.25) is 4.98 Å². The molecule has 0 atom stereocenters. The Balaban J connectivity index is 1.56. The van der Waals surface area contributed by atoms with E-state index in [-0.39, 0.29) is 10.8 Å². The molecule has 9 heteroatoms. The van der Waals surface area contributed by atoms with E-state index in [4.69, 9.17) is 11.6 Å². The first-order valence-corrected chi connectivity index (χ1v) is 7.73. The normalized spacial score (nSPS) is 11.5. The van der Waals surface area contributed by atoms with Crippen LogP contribution in [0.15, 0.2) is 42.7 Å². The number of halogens is 4. The lowest BCUT2D eigenvalue weighted by molar-refractivity contribution is -0.137. The minimum absolute atomic E-state index is 0.0830. The number of benzene rings is 1. The van der Waals surface area contributed by atoms with E-state index in [1.54, 1.807) is 6.20 Å². The minimum Gasteiger partial charge on any atom is -0.367 e. The van der Waals surface area contributed by atoms with Crippen molar-refractivity contribution in [2.24, 2.45) is 0 Å². The van der Waals surface area contributed by atoms with Crippen LogP contribution in [-0.4, -0.2) is 28.0 Å². The molecule has 25 heavy (non-hydrogen) atoms. The number of nitrogens with zero attached hydrogens (tertiary/aromatic N) is 3. The van der Waals surface area contributed by atoms with Crippen molar-refractivity contribution < 1.29 is 13.2 Å². The molecule has 2 N–H and O–H groups in total. The van der Waals surface area contributed by atoms with E-state index in [1.165, 1.54) is 0 Å². The Labute approximate surface area is 146 Å². The van der Waals surface area contributed by atoms with Crippen LogP contribution < -0.4 is 10.6 Å². The summed E-state index contributed by atoms with van der Waals surface area (Å²) in [5, 5.41) is 5.87. The van der Waals surface area contributed by atoms with E-state index in [0.29, 0.717) is 18.9 Å². The van der Waals surface area contributed by atoms with Crippen LogP contribution in [0, 0.1) is 0 Å². The van der Waals surface area contributed by atoms with Crippen molar-refractivity contribution in [1.29, 1.82) is 0 Å². The number of hydrogen-bond acceptors (Lipinski definition) is 5. The predicted molar refractivity (Wildman–Crippen MR) is 90.8 cm³/mol. The summed E-state index contributed by atoms with van der Waals surface area (Å²) in [5.41, 5.74) is 0.687. The molecule has 0 radical (unpaired) electrons. The first-order valence-electron chi connectivity index (χ1n) is 7.36. The van der Waals surface area contributed by atoms with Crippen molar-refractivity contribution in [3.8, 4) is 0 Å². The van der Waals surface area contributed by atoms with Crippen LogP contribution in [-0.2, 0) is 6.18 Å². The highest BCUT2D eigenvalue weighted by Crippen LogP contribution is 2.32. The molecule has 2 aromatic heterocycles. The van der Waals surface area contributed by atoms with Gasteiger partial charge in [0.1, 0.15) is 11.6 Å². The molecule has 3 aromatic rings. The van der Waals surface area contributed by atoms with Crippen molar-refractivity contribution in [2.45, 2.75) is 6.18 Å². The van der Waals surface area contributed by atoms with Gasteiger partial charge in [0, 0.05) is 19.3 Å². The second-order valence-electron chi connectivity index (χ2n) is 5.15. The van der Waals surface area contributed by atoms with Gasteiger partial charge in [-0.1, -0.05) is 23.7 Å². The number of fused-ring (bicyclic) bond motifs is 1. The molecule has 0 saturated heterocycles. The van der Waals surface area contributed by atoms with Crippen molar-refractivity contribution in [3.63, 3.8) is 0 Å². The highest BCUT2D eigenvalue weighted by molar-refractivity contribution is 6.32. The molecule has 0 unspecified atom stereocenters. The van der Waals surface area contributed by atoms with Gasteiger partial charge < -0.3 is 10.6 Å². The number of rotatable bonds is 5. The Morgan fingerprint density at radius 1 is 0.960 bits per heavy atom. The lowest BCUT2D eigenvalue weighted by Gasteiger charge is -2.11. The molecule has 0 saturated carbocycles. The molecule has 130 valence electrons. The molecule has 0 fully saturated rings. The summed E-state index contributed by atoms with van der Waals surface area (Å²) in [6.07, 6.45) is -2.10. The molecule has 2 heterocycles. The van der Waals surface area contributed by atoms with Crippen molar-refractivity contribution in [3.05, 3.63) is 53.3 Å². The highest BCUT2D eigenvalue weighted by Gasteiger charge is 2.31. The van der Waals surface area contributed by atoms with E-state index in [0.717, 1.165) is 23.3 Å². The molecule has 1 aromatic carbocycles. The third-order valence-electron chi connectivity index (χ3n) is 3.34. The van der Waals surface area contributed by atoms with Crippen LogP contribution in [0.4, 0.5) is 24.8 Å². The third kappa shape index (κ3) is 4.27. The molecule has 0 aliphatic carbocycles. The molecule has 3 rings (SSSR count). The number of nitrogens with one attached hydrogen (secondary N) is 2. The lowest BCUT2D eigenvalue weighted by Crippen LogP contribution is -2.16. The van der Waals surface area contributed by atoms with Crippen molar-refractivity contribution in [1.82, 2.24) is 15.0 Å². The Bertz CT molecular complexity index is 885. The molecule has 5 nitrogen and oxygen atoms in total. The second-order valence-corrected chi connectivity index (χ2v) is 5.56. The molecule has 0 spiro atoms. The smallest absolute Gasteiger partial charge is 0.367 e. The van der Waals surface area contributed by atoms with Gasteiger partial charge in [-0.15, -0.1) is 0 Å². The topological polar surface area (TPSA) is 62.7 Å². The van der Waals surface area contributed by atoms with Gasteiger partial charge in [-0.2, -0.15) is 13.2 Å². The fourth-order valence-corrected chi connectivity index (χ4v) is 2.37. The third-order valence-corrected chi connectivity index (χ3v) is 3.63. The Morgan fingerprint density at radius 3 is 2.40 bits per heavy atom. The summed E-state index contributed by atoms with van der Waals surface area (Å²) in [4.78, 5) is 12.4. The molecular weight excluding hydrogens is 355 g/mol. The maximum absolute atomic E-state index is 12.6. The average Bonchev–Trinajstić information content (AvgIpc) is 2.59. The lowest BCUT2D eigenvalue weighted by atomic mass is 10.3.